The molecule has 11 nitrogen and oxygen atoms in total. The Hall–Kier alpha value is -4.36. The first-order chi connectivity index (χ1) is 14.7. The Labute approximate surface area is 170 Å². The third kappa shape index (κ3) is 4.98. The predicted octanol–water partition coefficient (Wildman–Crippen LogP) is 2.38. The number of nitrogens with one attached hydrogen (secondary N) is 1. The van der Waals surface area contributed by atoms with Crippen molar-refractivity contribution in [2.45, 2.75) is 6.18 Å². The van der Waals surface area contributed by atoms with Crippen LogP contribution in [0.15, 0.2) is 48.8 Å². The smallest absolute Gasteiger partial charge is 0.416 e. The number of ether oxygens (including phenoxy) is 1. The van der Waals surface area contributed by atoms with Crippen LogP contribution in [0.25, 0.3) is 5.69 Å². The molecular formula is C17H11F3N6O5. The van der Waals surface area contributed by atoms with E-state index in [9.17, 15) is 32.9 Å². The highest BCUT2D eigenvalue weighted by molar-refractivity contribution is 5.98. The molecule has 0 aliphatic carbocycles. The van der Waals surface area contributed by atoms with E-state index < -0.39 is 46.5 Å². The molecule has 2 aromatic carbocycles. The van der Waals surface area contributed by atoms with E-state index in [-0.39, 0.29) is 11.3 Å². The van der Waals surface area contributed by atoms with Gasteiger partial charge in [0.1, 0.15) is 12.0 Å². The van der Waals surface area contributed by atoms with Gasteiger partial charge in [0, 0.05) is 6.07 Å². The monoisotopic (exact) mass is 436 g/mol. The molecule has 160 valence electrons. The molecule has 0 unspecified atom stereocenters. The van der Waals surface area contributed by atoms with E-state index in [0.717, 1.165) is 6.07 Å². The SMILES string of the molecule is O=C(COC(=O)c1ccccc1-n1cnnn1)Nc1ccc(C(F)(F)F)cc1[N+](=O)[O-]. The van der Waals surface area contributed by atoms with Crippen LogP contribution in [-0.4, -0.2) is 43.6 Å². The zero-order chi connectivity index (χ0) is 22.6. The largest absolute Gasteiger partial charge is 0.452 e. The first-order valence-electron chi connectivity index (χ1n) is 8.32. The van der Waals surface area contributed by atoms with Crippen LogP contribution in [0.3, 0.4) is 0 Å². The fourth-order valence-corrected chi connectivity index (χ4v) is 2.48. The molecule has 0 fully saturated rings. The Morgan fingerprint density at radius 2 is 1.94 bits per heavy atom. The Kier molecular flexibility index (Phi) is 5.90. The molecule has 0 aliphatic heterocycles. The first kappa shape index (κ1) is 21.4. The van der Waals surface area contributed by atoms with Gasteiger partial charge in [0.25, 0.3) is 11.6 Å². The maximum Gasteiger partial charge on any atom is 0.416 e. The second-order valence-corrected chi connectivity index (χ2v) is 5.88. The molecular weight excluding hydrogens is 425 g/mol. The number of benzene rings is 2. The highest BCUT2D eigenvalue weighted by Crippen LogP contribution is 2.34. The summed E-state index contributed by atoms with van der Waals surface area (Å²) in [4.78, 5) is 34.4. The second-order valence-electron chi connectivity index (χ2n) is 5.88. The highest BCUT2D eigenvalue weighted by Gasteiger charge is 2.33. The van der Waals surface area contributed by atoms with Crippen LogP contribution in [0, 0.1) is 10.1 Å². The number of nitro benzene ring substituents is 1. The number of carbonyl (C=O) groups excluding carboxylic acids is 2. The Morgan fingerprint density at radius 1 is 1.19 bits per heavy atom. The molecule has 1 amide bonds. The number of aromatic nitrogens is 4. The van der Waals surface area contributed by atoms with Crippen LogP contribution in [0.2, 0.25) is 0 Å². The number of alkyl halides is 3. The van der Waals surface area contributed by atoms with Crippen molar-refractivity contribution in [1.82, 2.24) is 20.2 Å². The third-order valence-electron chi connectivity index (χ3n) is 3.85. The van der Waals surface area contributed by atoms with Crippen LogP contribution in [0.1, 0.15) is 15.9 Å². The van der Waals surface area contributed by atoms with Crippen LogP contribution < -0.4 is 5.32 Å². The minimum Gasteiger partial charge on any atom is -0.452 e. The zero-order valence-electron chi connectivity index (χ0n) is 15.2. The van der Waals surface area contributed by atoms with Gasteiger partial charge in [0.05, 0.1) is 21.7 Å². The van der Waals surface area contributed by atoms with Crippen molar-refractivity contribution in [3.63, 3.8) is 0 Å². The highest BCUT2D eigenvalue weighted by atomic mass is 19.4. The van der Waals surface area contributed by atoms with Crippen molar-refractivity contribution < 1.29 is 32.4 Å². The number of halogens is 3. The fourth-order valence-electron chi connectivity index (χ4n) is 2.48. The number of para-hydroxylation sites is 1. The molecule has 1 N–H and O–H groups in total. The summed E-state index contributed by atoms with van der Waals surface area (Å²) in [5.74, 6) is -1.90. The molecule has 0 spiro atoms. The molecule has 14 heteroatoms. The van der Waals surface area contributed by atoms with Crippen molar-refractivity contribution in [2.24, 2.45) is 0 Å². The lowest BCUT2D eigenvalue weighted by Gasteiger charge is -2.11. The van der Waals surface area contributed by atoms with Gasteiger partial charge in [-0.15, -0.1) is 5.10 Å². The standard InChI is InChI=1S/C17H11F3N6O5/c18-17(19,20)10-5-6-12(14(7-10)26(29)30)22-15(27)8-31-16(28)11-3-1-2-4-13(11)25-9-21-23-24-25/h1-7,9H,8H2,(H,22,27). The number of esters is 1. The van der Waals surface area contributed by atoms with Gasteiger partial charge in [-0.25, -0.2) is 4.79 Å². The topological polar surface area (TPSA) is 142 Å². The maximum absolute atomic E-state index is 12.7. The molecule has 1 aromatic heterocycles. The number of nitrogens with zero attached hydrogens (tertiary/aromatic N) is 5. The van der Waals surface area contributed by atoms with Crippen molar-refractivity contribution in [3.05, 3.63) is 70.0 Å². The predicted molar refractivity (Wildman–Crippen MR) is 96.2 cm³/mol. The fraction of sp³-hybridized carbons (Fsp3) is 0.118. The maximum atomic E-state index is 12.7. The van der Waals surface area contributed by atoms with Crippen LogP contribution in [0.5, 0.6) is 0 Å². The average molecular weight is 436 g/mol. The van der Waals surface area contributed by atoms with Crippen LogP contribution >= 0.6 is 0 Å². The van der Waals surface area contributed by atoms with Gasteiger partial charge in [0.2, 0.25) is 0 Å². The average Bonchev–Trinajstić information content (AvgIpc) is 3.26. The Morgan fingerprint density at radius 3 is 2.58 bits per heavy atom. The van der Waals surface area contributed by atoms with E-state index in [1.165, 1.54) is 29.2 Å². The summed E-state index contributed by atoms with van der Waals surface area (Å²) in [6.07, 6.45) is -3.56. The summed E-state index contributed by atoms with van der Waals surface area (Å²) in [6.45, 7) is -0.846. The molecule has 0 radical (unpaired) electrons. The summed E-state index contributed by atoms with van der Waals surface area (Å²) in [5, 5.41) is 23.7. The summed E-state index contributed by atoms with van der Waals surface area (Å²) < 4.78 is 44.3. The first-order valence-corrected chi connectivity index (χ1v) is 8.32. The van der Waals surface area contributed by atoms with E-state index in [1.54, 1.807) is 6.07 Å². The minimum atomic E-state index is -4.80. The molecule has 3 rings (SSSR count). The molecule has 1 heterocycles. The van der Waals surface area contributed by atoms with Crippen molar-refractivity contribution >= 4 is 23.3 Å². The third-order valence-corrected chi connectivity index (χ3v) is 3.85. The van der Waals surface area contributed by atoms with Gasteiger partial charge in [-0.1, -0.05) is 12.1 Å². The van der Waals surface area contributed by atoms with Gasteiger partial charge >= 0.3 is 12.1 Å². The number of nitro groups is 1. The summed E-state index contributed by atoms with van der Waals surface area (Å²) in [6, 6.07) is 7.70. The van der Waals surface area contributed by atoms with E-state index in [2.05, 4.69) is 20.8 Å². The van der Waals surface area contributed by atoms with Gasteiger partial charge in [-0.2, -0.15) is 17.9 Å². The molecule has 0 saturated carbocycles. The van der Waals surface area contributed by atoms with Crippen molar-refractivity contribution in [2.75, 3.05) is 11.9 Å². The van der Waals surface area contributed by atoms with Gasteiger partial charge in [-0.05, 0) is 34.7 Å². The van der Waals surface area contributed by atoms with E-state index in [4.69, 9.17) is 4.74 Å². The number of hydrogen-bond donors (Lipinski definition) is 1. The quantitative estimate of drug-likeness (QED) is 0.353. The molecule has 0 bridgehead atoms. The number of tetrazole rings is 1. The van der Waals surface area contributed by atoms with E-state index in [0.29, 0.717) is 12.1 Å². The molecule has 31 heavy (non-hydrogen) atoms. The summed E-state index contributed by atoms with van der Waals surface area (Å²) in [5.41, 5.74) is -2.38. The molecule has 0 aliphatic rings. The second kappa shape index (κ2) is 8.56. The van der Waals surface area contributed by atoms with Crippen LogP contribution in [0.4, 0.5) is 24.5 Å². The minimum absolute atomic E-state index is 0.0307. The van der Waals surface area contributed by atoms with Gasteiger partial charge in [-0.3, -0.25) is 14.9 Å². The van der Waals surface area contributed by atoms with Crippen molar-refractivity contribution in [3.8, 4) is 5.69 Å². The molecule has 3 aromatic rings. The zero-order valence-corrected chi connectivity index (χ0v) is 15.2. The van der Waals surface area contributed by atoms with E-state index in [1.807, 2.05) is 0 Å². The number of hydrogen-bond acceptors (Lipinski definition) is 8. The van der Waals surface area contributed by atoms with Crippen molar-refractivity contribution in [1.29, 1.82) is 0 Å². The van der Waals surface area contributed by atoms with E-state index >= 15 is 0 Å². The normalized spacial score (nSPS) is 11.1. The summed E-state index contributed by atoms with van der Waals surface area (Å²) in [7, 11) is 0. The number of amides is 1. The number of anilines is 1. The summed E-state index contributed by atoms with van der Waals surface area (Å²) >= 11 is 0. The Bertz CT molecular complexity index is 1130. The lowest BCUT2D eigenvalue weighted by atomic mass is 10.1. The number of carbonyl (C=O) groups is 2. The Balaban J connectivity index is 1.70. The number of rotatable bonds is 6. The lowest BCUT2D eigenvalue weighted by Crippen LogP contribution is -2.22. The molecule has 0 saturated heterocycles. The van der Waals surface area contributed by atoms with Crippen LogP contribution in [-0.2, 0) is 15.7 Å². The van der Waals surface area contributed by atoms with Gasteiger partial charge < -0.3 is 10.1 Å². The molecule has 0 atom stereocenters. The van der Waals surface area contributed by atoms with Gasteiger partial charge in [0.15, 0.2) is 6.61 Å². The lowest BCUT2D eigenvalue weighted by molar-refractivity contribution is -0.384.